The first-order valence-corrected chi connectivity index (χ1v) is 10.2. The second-order valence-electron chi connectivity index (χ2n) is 7.03. The van der Waals surface area contributed by atoms with E-state index in [1.54, 1.807) is 6.92 Å². The van der Waals surface area contributed by atoms with E-state index < -0.39 is 0 Å². The van der Waals surface area contributed by atoms with Gasteiger partial charge in [0.1, 0.15) is 0 Å². The molecule has 0 heterocycles. The average Bonchev–Trinajstić information content (AvgIpc) is 2.77. The zero-order valence-corrected chi connectivity index (χ0v) is 17.3. The largest absolute Gasteiger partial charge is 0.393 e. The molecule has 0 aliphatic rings. The summed E-state index contributed by atoms with van der Waals surface area (Å²) in [4.78, 5) is 0. The molecule has 0 spiro atoms. The zero-order chi connectivity index (χ0) is 20.2. The Bertz CT molecular complexity index is 673. The summed E-state index contributed by atoms with van der Waals surface area (Å²) in [5, 5.41) is 12.2. The van der Waals surface area contributed by atoms with Gasteiger partial charge in [-0.2, -0.15) is 0 Å². The third-order valence-electron chi connectivity index (χ3n) is 4.85. The molecule has 1 unspecified atom stereocenters. The van der Waals surface area contributed by atoms with Crippen LogP contribution in [0.2, 0.25) is 0 Å². The van der Waals surface area contributed by atoms with Crippen LogP contribution in [0, 0.1) is 0 Å². The standard InChI is InChI=1S/C22H23N.C4H10O/c1-2-18-23-22(19-12-6-3-7-13-19,20-14-8-4-9-15-20)21-16-10-5-11-17-21;1-3-4(2)5/h3-17,23H,2,18H2,1H3;4-5H,3H2,1-2H3. The fourth-order valence-electron chi connectivity index (χ4n) is 3.18. The molecule has 3 aromatic rings. The smallest absolute Gasteiger partial charge is 0.0947 e. The van der Waals surface area contributed by atoms with E-state index in [9.17, 15) is 0 Å². The number of aliphatic hydroxyl groups is 1. The lowest BCUT2D eigenvalue weighted by molar-refractivity contribution is 0.191. The summed E-state index contributed by atoms with van der Waals surface area (Å²) in [5.74, 6) is 0. The van der Waals surface area contributed by atoms with Crippen LogP contribution in [0.15, 0.2) is 91.0 Å². The summed E-state index contributed by atoms with van der Waals surface area (Å²) in [6.45, 7) is 6.89. The monoisotopic (exact) mass is 375 g/mol. The summed E-state index contributed by atoms with van der Waals surface area (Å²) in [7, 11) is 0. The van der Waals surface area contributed by atoms with Crippen molar-refractivity contribution in [2.45, 2.75) is 45.3 Å². The molecule has 148 valence electrons. The van der Waals surface area contributed by atoms with Crippen LogP contribution in [-0.2, 0) is 5.54 Å². The highest BCUT2D eigenvalue weighted by molar-refractivity contribution is 5.49. The SMILES string of the molecule is CCC(C)O.CCCNC(c1ccccc1)(c1ccccc1)c1ccccc1. The number of benzene rings is 3. The molecule has 0 bridgehead atoms. The Morgan fingerprint density at radius 3 is 1.29 bits per heavy atom. The maximum absolute atomic E-state index is 8.36. The molecule has 2 heteroatoms. The van der Waals surface area contributed by atoms with Crippen LogP contribution in [0.3, 0.4) is 0 Å². The Morgan fingerprint density at radius 2 is 1.04 bits per heavy atom. The van der Waals surface area contributed by atoms with Gasteiger partial charge in [0.2, 0.25) is 0 Å². The zero-order valence-electron chi connectivity index (χ0n) is 17.3. The quantitative estimate of drug-likeness (QED) is 0.515. The van der Waals surface area contributed by atoms with Crippen molar-refractivity contribution in [1.29, 1.82) is 0 Å². The molecule has 0 aliphatic carbocycles. The van der Waals surface area contributed by atoms with Crippen LogP contribution in [0.4, 0.5) is 0 Å². The van der Waals surface area contributed by atoms with Crippen LogP contribution in [-0.4, -0.2) is 17.8 Å². The summed E-state index contributed by atoms with van der Waals surface area (Å²) >= 11 is 0. The van der Waals surface area contributed by atoms with E-state index in [1.807, 2.05) is 6.92 Å². The number of aliphatic hydroxyl groups excluding tert-OH is 1. The maximum Gasteiger partial charge on any atom is 0.0947 e. The second-order valence-corrected chi connectivity index (χ2v) is 7.03. The highest BCUT2D eigenvalue weighted by Crippen LogP contribution is 2.36. The van der Waals surface area contributed by atoms with Crippen LogP contribution in [0.25, 0.3) is 0 Å². The topological polar surface area (TPSA) is 32.3 Å². The van der Waals surface area contributed by atoms with E-state index in [2.05, 4.69) is 103 Å². The van der Waals surface area contributed by atoms with E-state index in [-0.39, 0.29) is 11.6 Å². The van der Waals surface area contributed by atoms with Gasteiger partial charge in [-0.1, -0.05) is 105 Å². The molecule has 2 nitrogen and oxygen atoms in total. The molecule has 0 saturated carbocycles. The normalized spacial score (nSPS) is 12.0. The van der Waals surface area contributed by atoms with Gasteiger partial charge in [0.05, 0.1) is 11.6 Å². The van der Waals surface area contributed by atoms with E-state index in [4.69, 9.17) is 5.11 Å². The van der Waals surface area contributed by atoms with Crippen molar-refractivity contribution >= 4 is 0 Å². The van der Waals surface area contributed by atoms with Gasteiger partial charge in [0.25, 0.3) is 0 Å². The van der Waals surface area contributed by atoms with Crippen LogP contribution in [0.1, 0.15) is 50.3 Å². The highest BCUT2D eigenvalue weighted by atomic mass is 16.3. The second kappa shape index (κ2) is 11.4. The van der Waals surface area contributed by atoms with Gasteiger partial charge >= 0.3 is 0 Å². The molecule has 3 rings (SSSR count). The van der Waals surface area contributed by atoms with Crippen molar-refractivity contribution in [3.8, 4) is 0 Å². The van der Waals surface area contributed by atoms with Crippen LogP contribution in [0.5, 0.6) is 0 Å². The summed E-state index contributed by atoms with van der Waals surface area (Å²) in [5.41, 5.74) is 3.49. The van der Waals surface area contributed by atoms with Crippen molar-refractivity contribution in [1.82, 2.24) is 5.32 Å². The third-order valence-corrected chi connectivity index (χ3v) is 4.85. The molecule has 3 aromatic carbocycles. The lowest BCUT2D eigenvalue weighted by atomic mass is 9.77. The molecule has 0 aromatic heterocycles. The Labute approximate surface area is 170 Å². The molecule has 2 N–H and O–H groups in total. The third kappa shape index (κ3) is 5.54. The lowest BCUT2D eigenvalue weighted by Gasteiger charge is -2.37. The lowest BCUT2D eigenvalue weighted by Crippen LogP contribution is -2.45. The number of rotatable bonds is 7. The Morgan fingerprint density at radius 1 is 0.714 bits per heavy atom. The minimum absolute atomic E-state index is 0.116. The summed E-state index contributed by atoms with van der Waals surface area (Å²) in [6.07, 6.45) is 1.84. The van der Waals surface area contributed by atoms with Crippen LogP contribution >= 0.6 is 0 Å². The summed E-state index contributed by atoms with van der Waals surface area (Å²) < 4.78 is 0. The fourth-order valence-corrected chi connectivity index (χ4v) is 3.18. The fraction of sp³-hybridized carbons (Fsp3) is 0.308. The highest BCUT2D eigenvalue weighted by Gasteiger charge is 2.35. The molecule has 0 aliphatic heterocycles. The molecule has 0 radical (unpaired) electrons. The molecule has 0 fully saturated rings. The minimum Gasteiger partial charge on any atom is -0.393 e. The van der Waals surface area contributed by atoms with E-state index in [0.717, 1.165) is 19.4 Å². The molecule has 1 atom stereocenters. The predicted molar refractivity (Wildman–Crippen MR) is 119 cm³/mol. The van der Waals surface area contributed by atoms with Crippen molar-refractivity contribution in [3.05, 3.63) is 108 Å². The van der Waals surface area contributed by atoms with Gasteiger partial charge in [-0.3, -0.25) is 0 Å². The number of hydrogen-bond donors (Lipinski definition) is 2. The molecule has 28 heavy (non-hydrogen) atoms. The van der Waals surface area contributed by atoms with E-state index in [1.165, 1.54) is 16.7 Å². The molecular weight excluding hydrogens is 342 g/mol. The van der Waals surface area contributed by atoms with Crippen molar-refractivity contribution in [2.75, 3.05) is 6.54 Å². The predicted octanol–water partition coefficient (Wildman–Crippen LogP) is 5.76. The molecule has 0 amide bonds. The minimum atomic E-state index is -0.320. The maximum atomic E-state index is 8.36. The van der Waals surface area contributed by atoms with E-state index >= 15 is 0 Å². The average molecular weight is 376 g/mol. The van der Waals surface area contributed by atoms with Gasteiger partial charge in [-0.15, -0.1) is 0 Å². The Kier molecular flexibility index (Phi) is 8.93. The Hall–Kier alpha value is -2.42. The van der Waals surface area contributed by atoms with Crippen LogP contribution < -0.4 is 5.32 Å². The van der Waals surface area contributed by atoms with Gasteiger partial charge in [0.15, 0.2) is 0 Å². The number of nitrogens with one attached hydrogen (secondary N) is 1. The van der Waals surface area contributed by atoms with Crippen molar-refractivity contribution < 1.29 is 5.11 Å². The van der Waals surface area contributed by atoms with Crippen molar-refractivity contribution in [3.63, 3.8) is 0 Å². The molecular formula is C26H33NO. The van der Waals surface area contributed by atoms with Gasteiger partial charge in [-0.05, 0) is 43.0 Å². The van der Waals surface area contributed by atoms with E-state index in [0.29, 0.717) is 0 Å². The first-order valence-electron chi connectivity index (χ1n) is 10.2. The first kappa shape index (κ1) is 21.9. The number of hydrogen-bond acceptors (Lipinski definition) is 2. The van der Waals surface area contributed by atoms with Crippen molar-refractivity contribution in [2.24, 2.45) is 0 Å². The summed E-state index contributed by atoms with van der Waals surface area (Å²) in [6, 6.07) is 32.2. The molecule has 0 saturated heterocycles. The first-order chi connectivity index (χ1) is 13.6. The van der Waals surface area contributed by atoms with Gasteiger partial charge < -0.3 is 10.4 Å². The van der Waals surface area contributed by atoms with Gasteiger partial charge in [-0.25, -0.2) is 0 Å². The Balaban J connectivity index is 0.000000500. The van der Waals surface area contributed by atoms with Gasteiger partial charge in [0, 0.05) is 0 Å².